The summed E-state index contributed by atoms with van der Waals surface area (Å²) in [6, 6.07) is 0. The first-order valence-corrected chi connectivity index (χ1v) is 9.44. The van der Waals surface area contributed by atoms with Crippen molar-refractivity contribution in [3.63, 3.8) is 0 Å². The lowest BCUT2D eigenvalue weighted by molar-refractivity contribution is -0.145. The van der Waals surface area contributed by atoms with Crippen molar-refractivity contribution in [2.45, 2.75) is 36.1 Å². The Balaban J connectivity index is 1.55. The molecule has 0 bridgehead atoms. The van der Waals surface area contributed by atoms with Crippen LogP contribution >= 0.6 is 23.1 Å². The fourth-order valence-corrected chi connectivity index (χ4v) is 5.02. The van der Waals surface area contributed by atoms with Gasteiger partial charge < -0.3 is 15.3 Å². The van der Waals surface area contributed by atoms with Crippen LogP contribution < -0.4 is 5.32 Å². The molecular formula is C14H18N4O4S2. The number of thioether (sulfide) groups is 1. The Morgan fingerprint density at radius 3 is 2.71 bits per heavy atom. The van der Waals surface area contributed by atoms with Crippen molar-refractivity contribution < 1.29 is 19.5 Å². The highest BCUT2D eigenvalue weighted by Crippen LogP contribution is 2.37. The number of amides is 2. The number of likely N-dealkylation sites (tertiary alicyclic amines) is 1. The van der Waals surface area contributed by atoms with E-state index in [4.69, 9.17) is 0 Å². The third-order valence-electron chi connectivity index (χ3n) is 4.58. The van der Waals surface area contributed by atoms with Crippen LogP contribution in [0, 0.1) is 12.8 Å². The van der Waals surface area contributed by atoms with Crippen molar-refractivity contribution in [1.82, 2.24) is 20.4 Å². The quantitative estimate of drug-likeness (QED) is 0.743. The summed E-state index contributed by atoms with van der Waals surface area (Å²) in [6.07, 6.45) is 0.976. The van der Waals surface area contributed by atoms with Gasteiger partial charge in [-0.1, -0.05) is 23.1 Å². The Morgan fingerprint density at radius 1 is 1.42 bits per heavy atom. The summed E-state index contributed by atoms with van der Waals surface area (Å²) in [4.78, 5) is 37.1. The molecule has 1 atom stereocenters. The summed E-state index contributed by atoms with van der Waals surface area (Å²) in [6.45, 7) is 2.78. The van der Waals surface area contributed by atoms with E-state index in [-0.39, 0.29) is 24.0 Å². The van der Waals surface area contributed by atoms with E-state index >= 15 is 0 Å². The third-order valence-corrected chi connectivity index (χ3v) is 6.53. The van der Waals surface area contributed by atoms with E-state index in [0.29, 0.717) is 25.9 Å². The number of carboxylic acids is 1. The number of nitrogens with one attached hydrogen (secondary N) is 1. The number of hydrogen-bond acceptors (Lipinski definition) is 7. The summed E-state index contributed by atoms with van der Waals surface area (Å²) >= 11 is 2.82. The van der Waals surface area contributed by atoms with E-state index in [0.717, 1.165) is 9.35 Å². The predicted octanol–water partition coefficient (Wildman–Crippen LogP) is 0.521. The summed E-state index contributed by atoms with van der Waals surface area (Å²) < 4.78 is 0.767. The smallest absolute Gasteiger partial charge is 0.309 e. The molecule has 2 aliphatic heterocycles. The van der Waals surface area contributed by atoms with Crippen LogP contribution in [0.5, 0.6) is 0 Å². The first kappa shape index (κ1) is 17.2. The summed E-state index contributed by atoms with van der Waals surface area (Å²) in [5, 5.41) is 20.9. The SMILES string of the molecule is Cc1nnc(SCC(=O)N2CCC3(CC2)NC(=O)CC3C(=O)O)s1. The number of piperidine rings is 1. The zero-order chi connectivity index (χ0) is 17.3. The molecule has 3 heterocycles. The molecule has 2 aliphatic rings. The molecule has 0 radical (unpaired) electrons. The zero-order valence-corrected chi connectivity index (χ0v) is 14.8. The molecule has 3 rings (SSSR count). The Morgan fingerprint density at radius 2 is 2.12 bits per heavy atom. The van der Waals surface area contributed by atoms with Crippen LogP contribution in [0.25, 0.3) is 0 Å². The van der Waals surface area contributed by atoms with Gasteiger partial charge in [-0.3, -0.25) is 14.4 Å². The molecule has 2 amide bonds. The zero-order valence-electron chi connectivity index (χ0n) is 13.2. The fourth-order valence-electron chi connectivity index (χ4n) is 3.30. The van der Waals surface area contributed by atoms with Crippen LogP contribution in [0.1, 0.15) is 24.3 Å². The van der Waals surface area contributed by atoms with Gasteiger partial charge in [0.2, 0.25) is 11.8 Å². The van der Waals surface area contributed by atoms with Gasteiger partial charge in [-0.25, -0.2) is 0 Å². The van der Waals surface area contributed by atoms with Crippen molar-refractivity contribution >= 4 is 40.9 Å². The molecule has 24 heavy (non-hydrogen) atoms. The van der Waals surface area contributed by atoms with E-state index in [9.17, 15) is 19.5 Å². The molecule has 0 aliphatic carbocycles. The third kappa shape index (κ3) is 3.39. The van der Waals surface area contributed by atoms with E-state index in [1.807, 2.05) is 6.92 Å². The maximum atomic E-state index is 12.3. The van der Waals surface area contributed by atoms with Gasteiger partial charge in [-0.2, -0.15) is 0 Å². The summed E-state index contributed by atoms with van der Waals surface area (Å²) in [7, 11) is 0. The van der Waals surface area contributed by atoms with Crippen molar-refractivity contribution in [2.24, 2.45) is 5.92 Å². The first-order valence-electron chi connectivity index (χ1n) is 7.64. The van der Waals surface area contributed by atoms with Crippen LogP contribution in [0.3, 0.4) is 0 Å². The molecule has 8 nitrogen and oxygen atoms in total. The van der Waals surface area contributed by atoms with Crippen LogP contribution in [-0.4, -0.2) is 62.4 Å². The molecule has 0 saturated carbocycles. The number of aliphatic carboxylic acids is 1. The second-order valence-corrected chi connectivity index (χ2v) is 8.46. The molecular weight excluding hydrogens is 352 g/mol. The van der Waals surface area contributed by atoms with Crippen molar-refractivity contribution in [1.29, 1.82) is 0 Å². The molecule has 1 unspecified atom stereocenters. The van der Waals surface area contributed by atoms with Crippen LogP contribution in [0.15, 0.2) is 4.34 Å². The highest BCUT2D eigenvalue weighted by atomic mass is 32.2. The number of carbonyl (C=O) groups excluding carboxylic acids is 2. The summed E-state index contributed by atoms with van der Waals surface area (Å²) in [5.74, 6) is -1.59. The number of carbonyl (C=O) groups is 3. The molecule has 130 valence electrons. The Bertz CT molecular complexity index is 669. The number of rotatable bonds is 4. The minimum absolute atomic E-state index is 0.00102. The van der Waals surface area contributed by atoms with Crippen LogP contribution in [0.2, 0.25) is 0 Å². The monoisotopic (exact) mass is 370 g/mol. The number of aromatic nitrogens is 2. The van der Waals surface area contributed by atoms with Gasteiger partial charge in [-0.15, -0.1) is 10.2 Å². The number of aryl methyl sites for hydroxylation is 1. The number of carboxylic acid groups (broad SMARTS) is 1. The number of hydrogen-bond donors (Lipinski definition) is 2. The predicted molar refractivity (Wildman–Crippen MR) is 87.8 cm³/mol. The Kier molecular flexibility index (Phi) is 4.77. The van der Waals surface area contributed by atoms with Gasteiger partial charge in [0.25, 0.3) is 0 Å². The standard InChI is InChI=1S/C14H18N4O4S2/c1-8-16-17-13(24-8)23-7-11(20)18-4-2-14(3-5-18)9(12(21)22)6-10(19)15-14/h9H,2-7H2,1H3,(H,15,19)(H,21,22). The summed E-state index contributed by atoms with van der Waals surface area (Å²) in [5.41, 5.74) is -0.705. The molecule has 1 spiro atoms. The molecule has 0 aromatic carbocycles. The highest BCUT2D eigenvalue weighted by Gasteiger charge is 2.51. The minimum Gasteiger partial charge on any atom is -0.481 e. The lowest BCUT2D eigenvalue weighted by Gasteiger charge is -2.41. The molecule has 2 N–H and O–H groups in total. The second-order valence-electron chi connectivity index (χ2n) is 6.06. The molecule has 10 heteroatoms. The highest BCUT2D eigenvalue weighted by molar-refractivity contribution is 8.01. The molecule has 1 aromatic heterocycles. The fraction of sp³-hybridized carbons (Fsp3) is 0.643. The van der Waals surface area contributed by atoms with E-state index in [1.54, 1.807) is 4.90 Å². The van der Waals surface area contributed by atoms with Crippen LogP contribution in [-0.2, 0) is 14.4 Å². The second kappa shape index (κ2) is 6.67. The van der Waals surface area contributed by atoms with Gasteiger partial charge in [0.1, 0.15) is 5.01 Å². The first-order chi connectivity index (χ1) is 11.4. The largest absolute Gasteiger partial charge is 0.481 e. The molecule has 2 fully saturated rings. The topological polar surface area (TPSA) is 112 Å². The van der Waals surface area contributed by atoms with Gasteiger partial charge in [0.15, 0.2) is 4.34 Å². The van der Waals surface area contributed by atoms with E-state index in [2.05, 4.69) is 15.5 Å². The Labute approximate surface area is 147 Å². The van der Waals surface area contributed by atoms with Crippen molar-refractivity contribution in [3.8, 4) is 0 Å². The van der Waals surface area contributed by atoms with E-state index < -0.39 is 17.4 Å². The lowest BCUT2D eigenvalue weighted by atomic mass is 9.78. The van der Waals surface area contributed by atoms with Crippen molar-refractivity contribution in [2.75, 3.05) is 18.8 Å². The normalized spacial score (nSPS) is 22.6. The van der Waals surface area contributed by atoms with Gasteiger partial charge in [-0.05, 0) is 19.8 Å². The molecule has 1 aromatic rings. The minimum atomic E-state index is -0.949. The lowest BCUT2D eigenvalue weighted by Crippen LogP contribution is -2.56. The van der Waals surface area contributed by atoms with E-state index in [1.165, 1.54) is 23.1 Å². The van der Waals surface area contributed by atoms with Gasteiger partial charge >= 0.3 is 5.97 Å². The molecule has 2 saturated heterocycles. The maximum Gasteiger partial charge on any atom is 0.309 e. The van der Waals surface area contributed by atoms with Crippen LogP contribution in [0.4, 0.5) is 0 Å². The number of nitrogens with zero attached hydrogens (tertiary/aromatic N) is 3. The average Bonchev–Trinajstić information content (AvgIpc) is 3.09. The average molecular weight is 370 g/mol. The Hall–Kier alpha value is -1.68. The van der Waals surface area contributed by atoms with Crippen molar-refractivity contribution in [3.05, 3.63) is 5.01 Å². The van der Waals surface area contributed by atoms with Gasteiger partial charge in [0, 0.05) is 19.5 Å². The van der Waals surface area contributed by atoms with Gasteiger partial charge in [0.05, 0.1) is 17.2 Å². The maximum absolute atomic E-state index is 12.3.